The summed E-state index contributed by atoms with van der Waals surface area (Å²) in [6.45, 7) is 6.66. The predicted molar refractivity (Wildman–Crippen MR) is 77.0 cm³/mol. The van der Waals surface area contributed by atoms with Gasteiger partial charge in [-0.25, -0.2) is 0 Å². The number of aromatic nitrogens is 4. The molecule has 0 amide bonds. The zero-order valence-corrected chi connectivity index (χ0v) is 11.7. The van der Waals surface area contributed by atoms with Gasteiger partial charge >= 0.3 is 0 Å². The SMILES string of the molecule is Cn1cc(-c2n[nH]c3ccc(C(C)(C)C)cc23)cn1. The van der Waals surface area contributed by atoms with Crippen LogP contribution in [0.4, 0.5) is 0 Å². The molecule has 0 unspecified atom stereocenters. The van der Waals surface area contributed by atoms with Crippen LogP contribution >= 0.6 is 0 Å². The van der Waals surface area contributed by atoms with Gasteiger partial charge in [0, 0.05) is 24.2 Å². The molecule has 0 bridgehead atoms. The molecule has 1 aromatic carbocycles. The first-order chi connectivity index (χ1) is 8.95. The summed E-state index contributed by atoms with van der Waals surface area (Å²) in [5.74, 6) is 0. The first-order valence-electron chi connectivity index (χ1n) is 6.43. The number of aryl methyl sites for hydroxylation is 1. The first-order valence-corrected chi connectivity index (χ1v) is 6.43. The molecule has 3 aromatic rings. The monoisotopic (exact) mass is 254 g/mol. The first kappa shape index (κ1) is 12.0. The van der Waals surface area contributed by atoms with E-state index in [-0.39, 0.29) is 5.41 Å². The highest BCUT2D eigenvalue weighted by atomic mass is 15.2. The number of hydrogen-bond acceptors (Lipinski definition) is 2. The standard InChI is InChI=1S/C15H18N4/c1-15(2,3)11-5-6-13-12(7-11)14(18-17-13)10-8-16-19(4)9-10/h5-9H,1-4H3,(H,17,18). The normalized spacial score (nSPS) is 12.2. The number of aromatic amines is 1. The van der Waals surface area contributed by atoms with Crippen molar-refractivity contribution in [2.45, 2.75) is 26.2 Å². The summed E-state index contributed by atoms with van der Waals surface area (Å²) in [4.78, 5) is 0. The minimum Gasteiger partial charge on any atom is -0.277 e. The number of nitrogens with one attached hydrogen (secondary N) is 1. The van der Waals surface area contributed by atoms with E-state index in [0.717, 1.165) is 22.2 Å². The molecule has 0 spiro atoms. The highest BCUT2D eigenvalue weighted by Crippen LogP contribution is 2.30. The second kappa shape index (κ2) is 3.95. The van der Waals surface area contributed by atoms with Crippen molar-refractivity contribution in [1.29, 1.82) is 0 Å². The molecule has 0 aliphatic heterocycles. The van der Waals surface area contributed by atoms with Gasteiger partial charge in [-0.05, 0) is 23.1 Å². The van der Waals surface area contributed by atoms with Crippen LogP contribution in [0.3, 0.4) is 0 Å². The third kappa shape index (κ3) is 2.03. The summed E-state index contributed by atoms with van der Waals surface area (Å²) in [7, 11) is 1.92. The molecular formula is C15H18N4. The largest absolute Gasteiger partial charge is 0.277 e. The Morgan fingerprint density at radius 3 is 2.63 bits per heavy atom. The van der Waals surface area contributed by atoms with Crippen molar-refractivity contribution >= 4 is 10.9 Å². The highest BCUT2D eigenvalue weighted by Gasteiger charge is 2.16. The lowest BCUT2D eigenvalue weighted by molar-refractivity contribution is 0.591. The van der Waals surface area contributed by atoms with Crippen LogP contribution in [0.15, 0.2) is 30.6 Å². The molecule has 19 heavy (non-hydrogen) atoms. The van der Waals surface area contributed by atoms with Gasteiger partial charge in [0.15, 0.2) is 0 Å². The minimum absolute atomic E-state index is 0.137. The maximum absolute atomic E-state index is 4.42. The smallest absolute Gasteiger partial charge is 0.103 e. The third-order valence-electron chi connectivity index (χ3n) is 3.41. The van der Waals surface area contributed by atoms with Crippen LogP contribution in [0, 0.1) is 0 Å². The van der Waals surface area contributed by atoms with Crippen LogP contribution < -0.4 is 0 Å². The van der Waals surface area contributed by atoms with Crippen molar-refractivity contribution in [2.24, 2.45) is 7.05 Å². The van der Waals surface area contributed by atoms with Gasteiger partial charge in [0.05, 0.1) is 11.7 Å². The summed E-state index contributed by atoms with van der Waals surface area (Å²) in [5.41, 5.74) is 4.52. The van der Waals surface area contributed by atoms with Gasteiger partial charge in [-0.3, -0.25) is 9.78 Å². The maximum atomic E-state index is 4.42. The van der Waals surface area contributed by atoms with E-state index in [1.807, 2.05) is 19.4 Å². The Morgan fingerprint density at radius 1 is 1.21 bits per heavy atom. The van der Waals surface area contributed by atoms with E-state index in [1.54, 1.807) is 4.68 Å². The maximum Gasteiger partial charge on any atom is 0.103 e. The van der Waals surface area contributed by atoms with E-state index >= 15 is 0 Å². The molecule has 98 valence electrons. The lowest BCUT2D eigenvalue weighted by atomic mass is 9.86. The van der Waals surface area contributed by atoms with E-state index in [2.05, 4.69) is 54.3 Å². The molecule has 0 fully saturated rings. The van der Waals surface area contributed by atoms with Crippen LogP contribution in [0.25, 0.3) is 22.2 Å². The van der Waals surface area contributed by atoms with Crippen molar-refractivity contribution in [3.8, 4) is 11.3 Å². The summed E-state index contributed by atoms with van der Waals surface area (Å²) < 4.78 is 1.80. The molecule has 2 aromatic heterocycles. The molecule has 0 aliphatic rings. The Morgan fingerprint density at radius 2 is 2.00 bits per heavy atom. The fourth-order valence-corrected chi connectivity index (χ4v) is 2.24. The van der Waals surface area contributed by atoms with Crippen LogP contribution in [-0.4, -0.2) is 20.0 Å². The molecule has 0 aliphatic carbocycles. The second-order valence-electron chi connectivity index (χ2n) is 5.99. The lowest BCUT2D eigenvalue weighted by Gasteiger charge is -2.18. The van der Waals surface area contributed by atoms with Crippen LogP contribution in [0.2, 0.25) is 0 Å². The average Bonchev–Trinajstić information content (AvgIpc) is 2.92. The van der Waals surface area contributed by atoms with Crippen molar-refractivity contribution in [3.05, 3.63) is 36.2 Å². The molecule has 0 saturated carbocycles. The highest BCUT2D eigenvalue weighted by molar-refractivity contribution is 5.93. The Labute approximate surface area is 112 Å². The molecule has 1 N–H and O–H groups in total. The summed E-state index contributed by atoms with van der Waals surface area (Å²) >= 11 is 0. The fraction of sp³-hybridized carbons (Fsp3) is 0.333. The van der Waals surface area contributed by atoms with E-state index in [0.29, 0.717) is 0 Å². The number of hydrogen-bond donors (Lipinski definition) is 1. The summed E-state index contributed by atoms with van der Waals surface area (Å²) in [6, 6.07) is 6.48. The van der Waals surface area contributed by atoms with Crippen molar-refractivity contribution < 1.29 is 0 Å². The number of fused-ring (bicyclic) bond motifs is 1. The van der Waals surface area contributed by atoms with E-state index < -0.39 is 0 Å². The van der Waals surface area contributed by atoms with Gasteiger partial charge in [-0.15, -0.1) is 0 Å². The van der Waals surface area contributed by atoms with E-state index in [9.17, 15) is 0 Å². The van der Waals surface area contributed by atoms with Crippen molar-refractivity contribution in [1.82, 2.24) is 20.0 Å². The average molecular weight is 254 g/mol. The Kier molecular flexibility index (Phi) is 2.49. The van der Waals surface area contributed by atoms with Gasteiger partial charge in [0.2, 0.25) is 0 Å². The third-order valence-corrected chi connectivity index (χ3v) is 3.41. The number of benzene rings is 1. The van der Waals surface area contributed by atoms with Gasteiger partial charge in [-0.1, -0.05) is 26.8 Å². The quantitative estimate of drug-likeness (QED) is 0.724. The molecule has 4 heteroatoms. The molecule has 0 saturated heterocycles. The Balaban J connectivity index is 2.21. The number of rotatable bonds is 1. The molecule has 3 rings (SSSR count). The molecule has 4 nitrogen and oxygen atoms in total. The second-order valence-corrected chi connectivity index (χ2v) is 5.99. The minimum atomic E-state index is 0.137. The van der Waals surface area contributed by atoms with Crippen molar-refractivity contribution in [3.63, 3.8) is 0 Å². The topological polar surface area (TPSA) is 46.5 Å². The lowest BCUT2D eigenvalue weighted by Crippen LogP contribution is -2.10. The number of H-pyrrole nitrogens is 1. The molecule has 2 heterocycles. The summed E-state index contributed by atoms with van der Waals surface area (Å²) in [5, 5.41) is 12.9. The summed E-state index contributed by atoms with van der Waals surface area (Å²) in [6.07, 6.45) is 3.83. The van der Waals surface area contributed by atoms with Crippen LogP contribution in [0.1, 0.15) is 26.3 Å². The van der Waals surface area contributed by atoms with Gasteiger partial charge in [0.1, 0.15) is 5.69 Å². The fourth-order valence-electron chi connectivity index (χ4n) is 2.24. The molecular weight excluding hydrogens is 236 g/mol. The van der Waals surface area contributed by atoms with Gasteiger partial charge < -0.3 is 0 Å². The number of nitrogens with zero attached hydrogens (tertiary/aromatic N) is 3. The zero-order chi connectivity index (χ0) is 13.6. The zero-order valence-electron chi connectivity index (χ0n) is 11.7. The molecule has 0 atom stereocenters. The van der Waals surface area contributed by atoms with Crippen LogP contribution in [-0.2, 0) is 12.5 Å². The Bertz CT molecular complexity index is 728. The van der Waals surface area contributed by atoms with E-state index in [4.69, 9.17) is 0 Å². The molecule has 0 radical (unpaired) electrons. The van der Waals surface area contributed by atoms with Gasteiger partial charge in [0.25, 0.3) is 0 Å². The van der Waals surface area contributed by atoms with Crippen molar-refractivity contribution in [2.75, 3.05) is 0 Å². The van der Waals surface area contributed by atoms with E-state index in [1.165, 1.54) is 5.56 Å². The van der Waals surface area contributed by atoms with Crippen LogP contribution in [0.5, 0.6) is 0 Å². The van der Waals surface area contributed by atoms with Gasteiger partial charge in [-0.2, -0.15) is 10.2 Å². The Hall–Kier alpha value is -2.10. The predicted octanol–water partition coefficient (Wildman–Crippen LogP) is 3.26.